The molecular formula is C22H21FN4O3. The van der Waals surface area contributed by atoms with Crippen molar-refractivity contribution >= 4 is 11.8 Å². The number of nitrogens with zero attached hydrogens (tertiary/aromatic N) is 3. The average Bonchev–Trinajstić information content (AvgIpc) is 3.23. The Morgan fingerprint density at radius 1 is 1.17 bits per heavy atom. The quantitative estimate of drug-likeness (QED) is 0.716. The van der Waals surface area contributed by atoms with Gasteiger partial charge in [-0.1, -0.05) is 49.3 Å². The van der Waals surface area contributed by atoms with Crippen molar-refractivity contribution in [2.75, 3.05) is 6.54 Å². The molecule has 1 N–H and O–H groups in total. The van der Waals surface area contributed by atoms with Gasteiger partial charge >= 0.3 is 11.8 Å². The molecule has 0 radical (unpaired) electrons. The van der Waals surface area contributed by atoms with Crippen molar-refractivity contribution in [3.05, 3.63) is 71.9 Å². The molecular weight excluding hydrogens is 387 g/mol. The minimum atomic E-state index is -0.654. The van der Waals surface area contributed by atoms with Crippen molar-refractivity contribution in [3.8, 4) is 11.4 Å². The van der Waals surface area contributed by atoms with E-state index in [1.807, 2.05) is 44.2 Å². The van der Waals surface area contributed by atoms with E-state index in [1.165, 1.54) is 29.2 Å². The number of rotatable bonds is 4. The number of hydrogen-bond acceptors (Lipinski definition) is 5. The number of nitrogens with one attached hydrogen (secondary N) is 1. The minimum Gasteiger partial charge on any atom is -0.346 e. The molecule has 1 aliphatic heterocycles. The molecule has 1 fully saturated rings. The van der Waals surface area contributed by atoms with Crippen LogP contribution in [0.15, 0.2) is 59.1 Å². The fraction of sp³-hybridized carbons (Fsp3) is 0.273. The first-order valence-corrected chi connectivity index (χ1v) is 9.70. The van der Waals surface area contributed by atoms with Gasteiger partial charge in [0.2, 0.25) is 11.7 Å². The first kappa shape index (κ1) is 19.8. The van der Waals surface area contributed by atoms with Crippen molar-refractivity contribution in [1.82, 2.24) is 20.4 Å². The van der Waals surface area contributed by atoms with Crippen molar-refractivity contribution in [3.63, 3.8) is 0 Å². The van der Waals surface area contributed by atoms with Gasteiger partial charge in [0.15, 0.2) is 0 Å². The molecule has 0 bridgehead atoms. The molecule has 4 rings (SSSR count). The zero-order chi connectivity index (χ0) is 21.3. The van der Waals surface area contributed by atoms with Gasteiger partial charge in [-0.15, -0.1) is 0 Å². The van der Waals surface area contributed by atoms with Gasteiger partial charge in [0, 0.05) is 12.1 Å². The summed E-state index contributed by atoms with van der Waals surface area (Å²) in [6.45, 7) is 4.04. The second-order valence-electron chi connectivity index (χ2n) is 7.55. The maximum Gasteiger partial charge on any atom is 0.316 e. The Hall–Kier alpha value is -3.55. The molecule has 8 heteroatoms. The second kappa shape index (κ2) is 8.06. The number of amides is 2. The van der Waals surface area contributed by atoms with E-state index in [-0.39, 0.29) is 41.9 Å². The van der Waals surface area contributed by atoms with Crippen LogP contribution in [0.4, 0.5) is 4.39 Å². The minimum absolute atomic E-state index is 0.106. The van der Waals surface area contributed by atoms with E-state index in [9.17, 15) is 14.0 Å². The smallest absolute Gasteiger partial charge is 0.316 e. The van der Waals surface area contributed by atoms with Crippen LogP contribution in [0.25, 0.3) is 11.4 Å². The van der Waals surface area contributed by atoms with E-state index in [0.29, 0.717) is 5.56 Å². The Bertz CT molecular complexity index is 1050. The van der Waals surface area contributed by atoms with Crippen molar-refractivity contribution in [2.45, 2.75) is 25.9 Å². The van der Waals surface area contributed by atoms with Crippen LogP contribution >= 0.6 is 0 Å². The molecule has 0 saturated carbocycles. The van der Waals surface area contributed by atoms with Gasteiger partial charge in [-0.25, -0.2) is 4.39 Å². The molecule has 2 amide bonds. The van der Waals surface area contributed by atoms with Gasteiger partial charge in [0.25, 0.3) is 0 Å². The molecule has 1 aliphatic rings. The summed E-state index contributed by atoms with van der Waals surface area (Å²) in [5.74, 6) is -1.25. The van der Waals surface area contributed by atoms with Crippen LogP contribution in [0.2, 0.25) is 0 Å². The molecule has 1 aromatic heterocycles. The molecule has 2 heterocycles. The zero-order valence-corrected chi connectivity index (χ0v) is 16.6. The molecule has 3 aromatic rings. The summed E-state index contributed by atoms with van der Waals surface area (Å²) >= 11 is 0. The van der Waals surface area contributed by atoms with E-state index in [1.54, 1.807) is 0 Å². The topological polar surface area (TPSA) is 88.3 Å². The number of benzene rings is 2. The lowest BCUT2D eigenvalue weighted by molar-refractivity contribution is -0.131. The summed E-state index contributed by atoms with van der Waals surface area (Å²) in [5.41, 5.74) is 1.43. The average molecular weight is 408 g/mol. The summed E-state index contributed by atoms with van der Waals surface area (Å²) in [7, 11) is 0. The Labute approximate surface area is 172 Å². The van der Waals surface area contributed by atoms with Crippen molar-refractivity contribution in [2.24, 2.45) is 5.92 Å². The predicted molar refractivity (Wildman–Crippen MR) is 107 cm³/mol. The fourth-order valence-electron chi connectivity index (χ4n) is 3.65. The first-order valence-electron chi connectivity index (χ1n) is 9.70. The van der Waals surface area contributed by atoms with Crippen LogP contribution in [-0.2, 0) is 4.79 Å². The Balaban J connectivity index is 1.63. The van der Waals surface area contributed by atoms with Gasteiger partial charge in [-0.3, -0.25) is 9.59 Å². The molecule has 1 saturated heterocycles. The van der Waals surface area contributed by atoms with Gasteiger partial charge in [0.1, 0.15) is 11.9 Å². The summed E-state index contributed by atoms with van der Waals surface area (Å²) in [4.78, 5) is 31.7. The largest absolute Gasteiger partial charge is 0.346 e. The molecule has 2 aromatic carbocycles. The van der Waals surface area contributed by atoms with E-state index in [0.717, 1.165) is 5.56 Å². The van der Waals surface area contributed by atoms with Gasteiger partial charge in [0.05, 0.1) is 6.04 Å². The lowest BCUT2D eigenvalue weighted by atomic mass is 9.95. The maximum absolute atomic E-state index is 13.2. The second-order valence-corrected chi connectivity index (χ2v) is 7.55. The maximum atomic E-state index is 13.2. The van der Waals surface area contributed by atoms with E-state index >= 15 is 0 Å². The van der Waals surface area contributed by atoms with Gasteiger partial charge in [-0.05, 0) is 35.7 Å². The summed E-state index contributed by atoms with van der Waals surface area (Å²) in [6.07, 6.45) is 0. The third-order valence-electron chi connectivity index (χ3n) is 5.11. The summed E-state index contributed by atoms with van der Waals surface area (Å²) < 4.78 is 18.3. The number of carbonyl (C=O) groups is 2. The lowest BCUT2D eigenvalue weighted by Gasteiger charge is -2.40. The Kier molecular flexibility index (Phi) is 5.31. The molecule has 0 spiro atoms. The summed E-state index contributed by atoms with van der Waals surface area (Å²) in [5, 5.41) is 6.84. The van der Waals surface area contributed by atoms with E-state index in [4.69, 9.17) is 4.52 Å². The number of hydrogen-bond donors (Lipinski definition) is 1. The number of piperazine rings is 1. The first-order chi connectivity index (χ1) is 14.4. The van der Waals surface area contributed by atoms with Crippen LogP contribution in [0.5, 0.6) is 0 Å². The zero-order valence-electron chi connectivity index (χ0n) is 16.6. The highest BCUT2D eigenvalue weighted by atomic mass is 19.1. The number of carbonyl (C=O) groups excluding carboxylic acids is 2. The molecule has 7 nitrogen and oxygen atoms in total. The molecule has 0 unspecified atom stereocenters. The van der Waals surface area contributed by atoms with Crippen LogP contribution < -0.4 is 5.32 Å². The molecule has 30 heavy (non-hydrogen) atoms. The van der Waals surface area contributed by atoms with Crippen LogP contribution in [-0.4, -0.2) is 39.4 Å². The van der Waals surface area contributed by atoms with Gasteiger partial charge < -0.3 is 14.7 Å². The third kappa shape index (κ3) is 3.80. The monoisotopic (exact) mass is 408 g/mol. The van der Waals surface area contributed by atoms with Crippen LogP contribution in [0, 0.1) is 11.7 Å². The standard InChI is InChI=1S/C22H21FN4O3/c1-13(2)18-20(28)24-17(14-6-4-3-5-7-14)12-27(18)22(29)21-25-19(26-30-21)15-8-10-16(23)11-9-15/h3-11,13,17-18H,12H2,1-2H3,(H,24,28)/t17-,18+/m1/s1. The van der Waals surface area contributed by atoms with Crippen molar-refractivity contribution < 1.29 is 18.5 Å². The molecule has 2 atom stereocenters. The molecule has 154 valence electrons. The Morgan fingerprint density at radius 2 is 1.87 bits per heavy atom. The van der Waals surface area contributed by atoms with Gasteiger partial charge in [-0.2, -0.15) is 4.98 Å². The fourth-order valence-corrected chi connectivity index (χ4v) is 3.65. The van der Waals surface area contributed by atoms with Crippen molar-refractivity contribution in [1.29, 1.82) is 0 Å². The number of halogens is 1. The predicted octanol–water partition coefficient (Wildman–Crippen LogP) is 3.21. The van der Waals surface area contributed by atoms with Crippen LogP contribution in [0.1, 0.15) is 36.1 Å². The Morgan fingerprint density at radius 3 is 2.53 bits per heavy atom. The SMILES string of the molecule is CC(C)[C@H]1C(=O)N[C@@H](c2ccccc2)CN1C(=O)c1nc(-c2ccc(F)cc2)no1. The highest BCUT2D eigenvalue weighted by molar-refractivity contribution is 5.95. The number of aromatic nitrogens is 2. The van der Waals surface area contributed by atoms with E-state index < -0.39 is 11.9 Å². The van der Waals surface area contributed by atoms with Crippen LogP contribution in [0.3, 0.4) is 0 Å². The normalized spacial score (nSPS) is 19.1. The highest BCUT2D eigenvalue weighted by Crippen LogP contribution is 2.26. The van der Waals surface area contributed by atoms with E-state index in [2.05, 4.69) is 15.5 Å². The lowest BCUT2D eigenvalue weighted by Crippen LogP contribution is -2.60. The highest BCUT2D eigenvalue weighted by Gasteiger charge is 2.41. The summed E-state index contributed by atoms with van der Waals surface area (Å²) in [6, 6.07) is 14.0. The third-order valence-corrected chi connectivity index (χ3v) is 5.11. The molecule has 0 aliphatic carbocycles.